The summed E-state index contributed by atoms with van der Waals surface area (Å²) in [4.78, 5) is 4.88. The first-order valence-electron chi connectivity index (χ1n) is 7.25. The van der Waals surface area contributed by atoms with Crippen molar-refractivity contribution in [1.82, 2.24) is 10.2 Å². The van der Waals surface area contributed by atoms with Crippen LogP contribution >= 0.6 is 0 Å². The van der Waals surface area contributed by atoms with Crippen LogP contribution in [0.1, 0.15) is 12.5 Å². The largest absolute Gasteiger partial charge is 0.365 e. The lowest BCUT2D eigenvalue weighted by molar-refractivity contribution is 0.360. The Hall–Kier alpha value is -1.06. The van der Waals surface area contributed by atoms with E-state index < -0.39 is 0 Å². The first-order chi connectivity index (χ1) is 9.08. The summed E-state index contributed by atoms with van der Waals surface area (Å²) in [6, 6.07) is 9.29. The molecule has 2 unspecified atom stereocenters. The minimum Gasteiger partial charge on any atom is -0.365 e. The van der Waals surface area contributed by atoms with Crippen LogP contribution in [0, 0.1) is 12.8 Å². The average Bonchev–Trinajstić information content (AvgIpc) is 2.52. The Morgan fingerprint density at radius 2 is 2.00 bits per heavy atom. The summed E-state index contributed by atoms with van der Waals surface area (Å²) in [6.45, 7) is 8.95. The van der Waals surface area contributed by atoms with Crippen LogP contribution in [-0.2, 0) is 0 Å². The third kappa shape index (κ3) is 3.71. The first-order valence-corrected chi connectivity index (χ1v) is 7.25. The zero-order chi connectivity index (χ0) is 13.8. The van der Waals surface area contributed by atoms with E-state index in [9.17, 15) is 0 Å². The summed E-state index contributed by atoms with van der Waals surface area (Å²) < 4.78 is 0. The lowest BCUT2D eigenvalue weighted by Gasteiger charge is -2.35. The van der Waals surface area contributed by atoms with Crippen LogP contribution in [0.15, 0.2) is 24.3 Å². The molecule has 1 N–H and O–H groups in total. The lowest BCUT2D eigenvalue weighted by Crippen LogP contribution is -2.46. The third-order valence-electron chi connectivity index (χ3n) is 3.82. The molecule has 3 heteroatoms. The summed E-state index contributed by atoms with van der Waals surface area (Å²) in [6.07, 6.45) is 0. The Kier molecular flexibility index (Phi) is 4.83. The normalized spacial score (nSPS) is 24.6. The number of likely N-dealkylation sites (N-methyl/N-ethyl adjacent to an activating group) is 1. The molecule has 0 aliphatic carbocycles. The monoisotopic (exact) mass is 261 g/mol. The van der Waals surface area contributed by atoms with E-state index in [4.69, 9.17) is 0 Å². The fraction of sp³-hybridized carbons (Fsp3) is 0.625. The molecular weight excluding hydrogens is 234 g/mol. The second-order valence-electron chi connectivity index (χ2n) is 6.12. The molecule has 2 rings (SSSR count). The Labute approximate surface area is 117 Å². The number of rotatable bonds is 3. The molecule has 3 nitrogen and oxygen atoms in total. The number of benzene rings is 1. The predicted octanol–water partition coefficient (Wildman–Crippen LogP) is 1.97. The van der Waals surface area contributed by atoms with Gasteiger partial charge in [0.1, 0.15) is 0 Å². The molecule has 0 spiro atoms. The highest BCUT2D eigenvalue weighted by molar-refractivity contribution is 5.54. The van der Waals surface area contributed by atoms with Crippen molar-refractivity contribution in [2.45, 2.75) is 19.9 Å². The molecule has 0 aromatic heterocycles. The van der Waals surface area contributed by atoms with Crippen LogP contribution in [0.4, 0.5) is 5.69 Å². The van der Waals surface area contributed by atoms with Gasteiger partial charge in [0, 0.05) is 25.3 Å². The van der Waals surface area contributed by atoms with Crippen LogP contribution in [0.2, 0.25) is 0 Å². The maximum absolute atomic E-state index is 3.60. The maximum atomic E-state index is 3.60. The number of aryl methyl sites for hydroxylation is 1. The second kappa shape index (κ2) is 6.40. The van der Waals surface area contributed by atoms with E-state index in [-0.39, 0.29) is 0 Å². The summed E-state index contributed by atoms with van der Waals surface area (Å²) >= 11 is 0. The smallest absolute Gasteiger partial charge is 0.0541 e. The van der Waals surface area contributed by atoms with Gasteiger partial charge in [0.15, 0.2) is 0 Å². The Morgan fingerprint density at radius 3 is 2.68 bits per heavy atom. The molecule has 19 heavy (non-hydrogen) atoms. The van der Waals surface area contributed by atoms with Gasteiger partial charge >= 0.3 is 0 Å². The van der Waals surface area contributed by atoms with Gasteiger partial charge in [-0.25, -0.2) is 0 Å². The fourth-order valence-corrected chi connectivity index (χ4v) is 2.92. The van der Waals surface area contributed by atoms with E-state index in [1.54, 1.807) is 0 Å². The van der Waals surface area contributed by atoms with Gasteiger partial charge in [0.25, 0.3) is 0 Å². The molecule has 0 amide bonds. The number of anilines is 1. The topological polar surface area (TPSA) is 18.5 Å². The summed E-state index contributed by atoms with van der Waals surface area (Å²) in [5.41, 5.74) is 2.77. The Morgan fingerprint density at radius 1 is 1.26 bits per heavy atom. The number of nitrogens with one attached hydrogen (secondary N) is 1. The summed E-state index contributed by atoms with van der Waals surface area (Å²) in [5, 5.41) is 3.60. The van der Waals surface area contributed by atoms with Crippen LogP contribution < -0.4 is 10.2 Å². The summed E-state index contributed by atoms with van der Waals surface area (Å²) in [5.74, 6) is 0.687. The van der Waals surface area contributed by atoms with Crippen molar-refractivity contribution in [2.75, 3.05) is 45.2 Å². The molecule has 1 aromatic carbocycles. The van der Waals surface area contributed by atoms with Gasteiger partial charge in [0.05, 0.1) is 6.04 Å². The molecule has 1 heterocycles. The van der Waals surface area contributed by atoms with E-state index in [1.165, 1.54) is 11.3 Å². The maximum Gasteiger partial charge on any atom is 0.0541 e. The minimum absolute atomic E-state index is 0.543. The predicted molar refractivity (Wildman–Crippen MR) is 82.9 cm³/mol. The summed E-state index contributed by atoms with van der Waals surface area (Å²) in [7, 11) is 4.31. The van der Waals surface area contributed by atoms with Crippen molar-refractivity contribution in [3.05, 3.63) is 29.8 Å². The van der Waals surface area contributed by atoms with E-state index in [1.807, 2.05) is 0 Å². The molecule has 1 saturated heterocycles. The zero-order valence-corrected chi connectivity index (χ0v) is 12.7. The van der Waals surface area contributed by atoms with E-state index in [0.29, 0.717) is 12.0 Å². The van der Waals surface area contributed by atoms with Gasteiger partial charge in [-0.15, -0.1) is 0 Å². The van der Waals surface area contributed by atoms with Crippen LogP contribution in [0.5, 0.6) is 0 Å². The molecular formula is C16H27N3. The number of hydrogen-bond acceptors (Lipinski definition) is 3. The second-order valence-corrected chi connectivity index (χ2v) is 6.12. The van der Waals surface area contributed by atoms with Crippen LogP contribution in [-0.4, -0.2) is 51.2 Å². The highest BCUT2D eigenvalue weighted by Gasteiger charge is 2.25. The molecule has 106 valence electrons. The lowest BCUT2D eigenvalue weighted by atomic mass is 10.1. The molecule has 0 saturated carbocycles. The molecule has 1 aliphatic heterocycles. The molecule has 1 aromatic rings. The molecule has 2 atom stereocenters. The van der Waals surface area contributed by atoms with Gasteiger partial charge in [-0.05, 0) is 45.1 Å². The fourth-order valence-electron chi connectivity index (χ4n) is 2.92. The molecule has 0 bridgehead atoms. The Balaban J connectivity index is 2.27. The van der Waals surface area contributed by atoms with Crippen molar-refractivity contribution in [2.24, 2.45) is 5.92 Å². The number of hydrogen-bond donors (Lipinski definition) is 1. The average molecular weight is 261 g/mol. The van der Waals surface area contributed by atoms with Crippen molar-refractivity contribution in [3.8, 4) is 0 Å². The van der Waals surface area contributed by atoms with E-state index in [2.05, 4.69) is 67.3 Å². The first kappa shape index (κ1) is 14.4. The SMILES string of the molecule is Cc1ccccc1N1CC(C)CNCC1CN(C)C. The van der Waals surface area contributed by atoms with Gasteiger partial charge in [0.2, 0.25) is 0 Å². The highest BCUT2D eigenvalue weighted by Crippen LogP contribution is 2.24. The quantitative estimate of drug-likeness (QED) is 0.897. The van der Waals surface area contributed by atoms with Gasteiger partial charge in [-0.1, -0.05) is 25.1 Å². The van der Waals surface area contributed by atoms with E-state index >= 15 is 0 Å². The van der Waals surface area contributed by atoms with Crippen LogP contribution in [0.3, 0.4) is 0 Å². The van der Waals surface area contributed by atoms with Gasteiger partial charge in [-0.3, -0.25) is 0 Å². The van der Waals surface area contributed by atoms with Crippen molar-refractivity contribution in [3.63, 3.8) is 0 Å². The number of nitrogens with zero attached hydrogens (tertiary/aromatic N) is 2. The van der Waals surface area contributed by atoms with Gasteiger partial charge < -0.3 is 15.1 Å². The molecule has 1 aliphatic rings. The minimum atomic E-state index is 0.543. The van der Waals surface area contributed by atoms with Crippen molar-refractivity contribution >= 4 is 5.69 Å². The Bertz CT molecular complexity index is 403. The highest BCUT2D eigenvalue weighted by atomic mass is 15.2. The van der Waals surface area contributed by atoms with Crippen LogP contribution in [0.25, 0.3) is 0 Å². The van der Waals surface area contributed by atoms with Crippen molar-refractivity contribution in [1.29, 1.82) is 0 Å². The third-order valence-corrected chi connectivity index (χ3v) is 3.82. The standard InChI is InChI=1S/C16H27N3/c1-13-9-17-10-15(12-18(3)4)19(11-13)16-8-6-5-7-14(16)2/h5-8,13,15,17H,9-12H2,1-4H3. The van der Waals surface area contributed by atoms with Crippen molar-refractivity contribution < 1.29 is 0 Å². The molecule has 1 fully saturated rings. The zero-order valence-electron chi connectivity index (χ0n) is 12.7. The van der Waals surface area contributed by atoms with E-state index in [0.717, 1.165) is 26.2 Å². The number of para-hydroxylation sites is 1. The molecule has 0 radical (unpaired) electrons. The van der Waals surface area contributed by atoms with Gasteiger partial charge in [-0.2, -0.15) is 0 Å².